The molecule has 2 nitrogen and oxygen atoms in total. The zero-order valence-corrected chi connectivity index (χ0v) is 17.9. The third-order valence-electron chi connectivity index (χ3n) is 2.88. The molecule has 0 unspecified atom stereocenters. The summed E-state index contributed by atoms with van der Waals surface area (Å²) in [4.78, 5) is 16.4. The Labute approximate surface area is 153 Å². The molecule has 0 aromatic heterocycles. The molecule has 0 saturated carbocycles. The van der Waals surface area contributed by atoms with Crippen LogP contribution in [0.1, 0.15) is 52.9 Å². The van der Waals surface area contributed by atoms with E-state index in [1.54, 1.807) is 19.2 Å². The SMILES string of the molecule is CC.CCCCCCC(=NC)C(=O)C1=CC=CC=C=C1.[U]. The summed E-state index contributed by atoms with van der Waals surface area (Å²) in [7, 11) is 1.69. The van der Waals surface area contributed by atoms with Gasteiger partial charge in [-0.05, 0) is 25.0 Å². The van der Waals surface area contributed by atoms with E-state index in [9.17, 15) is 4.79 Å². The summed E-state index contributed by atoms with van der Waals surface area (Å²) in [5.74, 6) is 0.0291. The Kier molecular flexibility index (Phi) is 17.0. The van der Waals surface area contributed by atoms with Gasteiger partial charge in [0.25, 0.3) is 0 Å². The maximum Gasteiger partial charge on any atom is 0.207 e. The Morgan fingerprint density at radius 1 is 1.19 bits per heavy atom. The molecule has 0 N–H and O–H groups in total. The molecule has 1 rings (SSSR count). The van der Waals surface area contributed by atoms with Crippen LogP contribution in [-0.2, 0) is 4.79 Å². The van der Waals surface area contributed by atoms with Gasteiger partial charge in [0.05, 0.1) is 5.71 Å². The molecule has 0 aromatic rings. The molecule has 21 heavy (non-hydrogen) atoms. The van der Waals surface area contributed by atoms with Crippen LogP contribution in [0.3, 0.4) is 0 Å². The molecule has 1 aliphatic rings. The number of hydrogen-bond acceptors (Lipinski definition) is 2. The number of unbranched alkanes of at least 4 members (excludes halogenated alkanes) is 3. The Hall–Kier alpha value is -0.608. The summed E-state index contributed by atoms with van der Waals surface area (Å²) in [5, 5.41) is 0. The van der Waals surface area contributed by atoms with Crippen LogP contribution in [0.4, 0.5) is 0 Å². The van der Waals surface area contributed by atoms with Crippen LogP contribution >= 0.6 is 0 Å². The number of ketones is 1. The summed E-state index contributed by atoms with van der Waals surface area (Å²) in [5.41, 5.74) is 4.29. The minimum Gasteiger partial charge on any atom is -0.289 e. The van der Waals surface area contributed by atoms with Crippen molar-refractivity contribution in [1.29, 1.82) is 0 Å². The Morgan fingerprint density at radius 3 is 2.52 bits per heavy atom. The van der Waals surface area contributed by atoms with Crippen LogP contribution in [0.2, 0.25) is 0 Å². The number of allylic oxidation sites excluding steroid dienone is 5. The molecule has 0 saturated heterocycles. The predicted molar refractivity (Wildman–Crippen MR) is 88.3 cm³/mol. The van der Waals surface area contributed by atoms with Gasteiger partial charge in [-0.15, -0.1) is 5.73 Å². The molecule has 1 aliphatic carbocycles. The van der Waals surface area contributed by atoms with Crippen molar-refractivity contribution in [2.24, 2.45) is 4.99 Å². The second-order valence-electron chi connectivity index (χ2n) is 4.29. The van der Waals surface area contributed by atoms with Crippen LogP contribution < -0.4 is 0 Å². The quantitative estimate of drug-likeness (QED) is 0.274. The zero-order valence-electron chi connectivity index (χ0n) is 13.8. The van der Waals surface area contributed by atoms with E-state index in [0.29, 0.717) is 11.3 Å². The van der Waals surface area contributed by atoms with Crippen molar-refractivity contribution in [2.75, 3.05) is 7.05 Å². The van der Waals surface area contributed by atoms with Crippen LogP contribution in [0, 0.1) is 31.1 Å². The molecule has 114 valence electrons. The Bertz CT molecular complexity index is 438. The minimum atomic E-state index is 0. The molecular weight excluding hydrogens is 484 g/mol. The van der Waals surface area contributed by atoms with Crippen LogP contribution in [-0.4, -0.2) is 18.5 Å². The van der Waals surface area contributed by atoms with Gasteiger partial charge in [0.1, 0.15) is 0 Å². The van der Waals surface area contributed by atoms with E-state index in [1.165, 1.54) is 12.8 Å². The fourth-order valence-corrected chi connectivity index (χ4v) is 1.81. The number of hydrogen-bond donors (Lipinski definition) is 0. The molecular formula is C18H27NOU. The third kappa shape index (κ3) is 9.86. The molecule has 0 aliphatic heterocycles. The van der Waals surface area contributed by atoms with Crippen molar-refractivity contribution >= 4 is 11.5 Å². The monoisotopic (exact) mass is 511 g/mol. The fraction of sp³-hybridized carbons (Fsp3) is 0.500. The molecule has 0 amide bonds. The summed E-state index contributed by atoms with van der Waals surface area (Å²) >= 11 is 0. The largest absolute Gasteiger partial charge is 0.289 e. The third-order valence-corrected chi connectivity index (χ3v) is 2.88. The molecule has 0 spiro atoms. The van der Waals surface area contributed by atoms with E-state index in [0.717, 1.165) is 19.3 Å². The van der Waals surface area contributed by atoms with Crippen LogP contribution in [0.15, 0.2) is 46.7 Å². The zero-order chi connectivity index (χ0) is 15.2. The Morgan fingerprint density at radius 2 is 1.90 bits per heavy atom. The average molecular weight is 511 g/mol. The predicted octanol–water partition coefficient (Wildman–Crippen LogP) is 4.83. The molecule has 3 heteroatoms. The maximum atomic E-state index is 12.2. The number of carbonyl (C=O) groups is 1. The first kappa shape index (κ1) is 22.7. The number of carbonyl (C=O) groups excluding carboxylic acids is 1. The van der Waals surface area contributed by atoms with Gasteiger partial charge >= 0.3 is 0 Å². The Balaban J connectivity index is 0. The smallest absolute Gasteiger partial charge is 0.207 e. The van der Waals surface area contributed by atoms with Gasteiger partial charge < -0.3 is 0 Å². The van der Waals surface area contributed by atoms with Crippen molar-refractivity contribution in [3.05, 3.63) is 41.7 Å². The summed E-state index contributed by atoms with van der Waals surface area (Å²) in [6.45, 7) is 6.18. The topological polar surface area (TPSA) is 29.4 Å². The van der Waals surface area contributed by atoms with Gasteiger partial charge in [0, 0.05) is 43.7 Å². The fourth-order valence-electron chi connectivity index (χ4n) is 1.81. The molecule has 0 atom stereocenters. The van der Waals surface area contributed by atoms with Crippen molar-refractivity contribution in [3.63, 3.8) is 0 Å². The average Bonchev–Trinajstić information content (AvgIpc) is 2.78. The van der Waals surface area contributed by atoms with Gasteiger partial charge in [0.2, 0.25) is 5.78 Å². The first-order valence-electron chi connectivity index (χ1n) is 7.59. The second kappa shape index (κ2) is 15.8. The normalized spacial score (nSPS) is 12.8. The van der Waals surface area contributed by atoms with E-state index in [4.69, 9.17) is 0 Å². The summed E-state index contributed by atoms with van der Waals surface area (Å²) in [6, 6.07) is 0. The number of aliphatic imine (C=N–C) groups is 1. The van der Waals surface area contributed by atoms with E-state index >= 15 is 0 Å². The summed E-state index contributed by atoms with van der Waals surface area (Å²) in [6.07, 6.45) is 14.4. The van der Waals surface area contributed by atoms with Gasteiger partial charge in [-0.3, -0.25) is 9.79 Å². The number of rotatable bonds is 7. The standard InChI is InChI=1S/C16H21NO.C2H6.U/c1-3-4-5-10-13-15(17-2)16(18)14-11-8-6-7-9-12-14;1-2;/h6-8,11-12H,3-5,10,13H2,1-2H3;1-2H3;. The van der Waals surface area contributed by atoms with Gasteiger partial charge in [-0.25, -0.2) is 0 Å². The van der Waals surface area contributed by atoms with Gasteiger partial charge in [-0.1, -0.05) is 58.3 Å². The first-order valence-corrected chi connectivity index (χ1v) is 7.59. The maximum absolute atomic E-state index is 12.2. The molecule has 0 fully saturated rings. The van der Waals surface area contributed by atoms with E-state index in [2.05, 4.69) is 17.6 Å². The van der Waals surface area contributed by atoms with Crippen molar-refractivity contribution in [2.45, 2.75) is 52.9 Å². The van der Waals surface area contributed by atoms with Crippen molar-refractivity contribution in [1.82, 2.24) is 0 Å². The molecule has 0 radical (unpaired) electrons. The van der Waals surface area contributed by atoms with E-state index < -0.39 is 0 Å². The van der Waals surface area contributed by atoms with Gasteiger partial charge in [0.15, 0.2) is 0 Å². The second-order valence-corrected chi connectivity index (χ2v) is 4.29. The molecule has 0 heterocycles. The van der Waals surface area contributed by atoms with Crippen molar-refractivity contribution in [3.8, 4) is 0 Å². The minimum absolute atomic E-state index is 0. The first-order chi connectivity index (χ1) is 9.79. The summed E-state index contributed by atoms with van der Waals surface area (Å²) < 4.78 is 0. The van der Waals surface area contributed by atoms with Crippen molar-refractivity contribution < 1.29 is 35.9 Å². The van der Waals surface area contributed by atoms with Crippen LogP contribution in [0.25, 0.3) is 0 Å². The van der Waals surface area contributed by atoms with Gasteiger partial charge in [-0.2, -0.15) is 0 Å². The molecule has 0 aromatic carbocycles. The number of nitrogens with zero attached hydrogens (tertiary/aromatic N) is 1. The molecule has 0 bridgehead atoms. The van der Waals surface area contributed by atoms with E-state index in [-0.39, 0.29) is 36.9 Å². The van der Waals surface area contributed by atoms with Crippen LogP contribution in [0.5, 0.6) is 0 Å². The number of Topliss-reactive ketones (excluding diaryl/α,β-unsaturated/α-hetero) is 1. The van der Waals surface area contributed by atoms with E-state index in [1.807, 2.05) is 32.1 Å².